The largest absolute Gasteiger partial charge is 0.355 e. The van der Waals surface area contributed by atoms with E-state index < -0.39 is 0 Å². The third-order valence-electron chi connectivity index (χ3n) is 4.11. The molecule has 0 aromatic carbocycles. The van der Waals surface area contributed by atoms with Crippen LogP contribution in [0.4, 0.5) is 0 Å². The number of fused-ring (bicyclic) bond motifs is 1. The van der Waals surface area contributed by atoms with Crippen LogP contribution in [0.2, 0.25) is 0 Å². The molecule has 0 spiro atoms. The summed E-state index contributed by atoms with van der Waals surface area (Å²) >= 11 is 0. The molecule has 1 aliphatic heterocycles. The summed E-state index contributed by atoms with van der Waals surface area (Å²) in [5.74, 6) is 1.58. The van der Waals surface area contributed by atoms with E-state index in [-0.39, 0.29) is 11.9 Å². The van der Waals surface area contributed by atoms with Crippen LogP contribution < -0.4 is 10.6 Å². The molecule has 4 nitrogen and oxygen atoms in total. The molecule has 98 valence electrons. The second-order valence-corrected chi connectivity index (χ2v) is 5.69. The molecule has 1 heterocycles. The van der Waals surface area contributed by atoms with Crippen LogP contribution in [0.25, 0.3) is 0 Å². The number of nitrogens with zero attached hydrogens (tertiary/aromatic N) is 1. The molecule has 2 aliphatic rings. The smallest absolute Gasteiger partial charge is 0.237 e. The van der Waals surface area contributed by atoms with E-state index in [1.54, 1.807) is 0 Å². The number of carbonyl (C=O) groups excluding carboxylic acids is 1. The first-order chi connectivity index (χ1) is 8.18. The summed E-state index contributed by atoms with van der Waals surface area (Å²) < 4.78 is 0. The molecule has 3 unspecified atom stereocenters. The molecule has 1 amide bonds. The lowest BCUT2D eigenvalue weighted by Crippen LogP contribution is -2.44. The van der Waals surface area contributed by atoms with E-state index in [9.17, 15) is 4.79 Å². The number of hydrogen-bond donors (Lipinski definition) is 2. The van der Waals surface area contributed by atoms with Gasteiger partial charge in [0.05, 0.1) is 6.04 Å². The van der Waals surface area contributed by atoms with Crippen molar-refractivity contribution in [3.05, 3.63) is 0 Å². The van der Waals surface area contributed by atoms with Crippen molar-refractivity contribution in [3.63, 3.8) is 0 Å². The molecule has 2 rings (SSSR count). The molecular weight excluding hydrogens is 214 g/mol. The maximum Gasteiger partial charge on any atom is 0.237 e. The minimum atomic E-state index is 0.0851. The van der Waals surface area contributed by atoms with Gasteiger partial charge in [0.25, 0.3) is 0 Å². The number of amides is 1. The lowest BCUT2D eigenvalue weighted by atomic mass is 9.93. The summed E-state index contributed by atoms with van der Waals surface area (Å²) in [5, 5.41) is 6.45. The van der Waals surface area contributed by atoms with E-state index in [0.717, 1.165) is 32.0 Å². The second-order valence-electron chi connectivity index (χ2n) is 5.69. The van der Waals surface area contributed by atoms with Crippen LogP contribution in [0.15, 0.2) is 0 Å². The summed E-state index contributed by atoms with van der Waals surface area (Å²) in [6, 6.07) is 0.0851. The van der Waals surface area contributed by atoms with Crippen LogP contribution in [-0.2, 0) is 4.79 Å². The Morgan fingerprint density at radius 3 is 3.00 bits per heavy atom. The highest BCUT2D eigenvalue weighted by Gasteiger charge is 2.42. The Morgan fingerprint density at radius 1 is 1.41 bits per heavy atom. The zero-order valence-corrected chi connectivity index (χ0v) is 11.0. The van der Waals surface area contributed by atoms with Crippen molar-refractivity contribution in [2.45, 2.75) is 31.7 Å². The van der Waals surface area contributed by atoms with Gasteiger partial charge < -0.3 is 15.5 Å². The molecule has 0 aromatic heterocycles. The van der Waals surface area contributed by atoms with E-state index in [0.29, 0.717) is 5.92 Å². The van der Waals surface area contributed by atoms with Crippen molar-refractivity contribution >= 4 is 5.91 Å². The Balaban J connectivity index is 1.69. The Bertz CT molecular complexity index is 267. The van der Waals surface area contributed by atoms with Gasteiger partial charge in [-0.05, 0) is 58.3 Å². The predicted octanol–water partition coefficient (Wildman–Crippen LogP) is 0.442. The molecule has 4 heteroatoms. The molecule has 1 saturated heterocycles. The first-order valence-corrected chi connectivity index (χ1v) is 6.84. The van der Waals surface area contributed by atoms with Crippen LogP contribution in [0.5, 0.6) is 0 Å². The average molecular weight is 239 g/mol. The Labute approximate surface area is 104 Å². The fraction of sp³-hybridized carbons (Fsp3) is 0.923. The molecule has 2 N–H and O–H groups in total. The minimum Gasteiger partial charge on any atom is -0.355 e. The average Bonchev–Trinajstić information content (AvgIpc) is 2.85. The SMILES string of the molecule is CN(C)CCCNC(=O)C1NCC2CCCC21. The second kappa shape index (κ2) is 5.83. The van der Waals surface area contributed by atoms with E-state index in [1.807, 2.05) is 0 Å². The van der Waals surface area contributed by atoms with Gasteiger partial charge in [-0.15, -0.1) is 0 Å². The van der Waals surface area contributed by atoms with Gasteiger partial charge in [-0.25, -0.2) is 0 Å². The molecule has 2 fully saturated rings. The third kappa shape index (κ3) is 3.19. The lowest BCUT2D eigenvalue weighted by molar-refractivity contribution is -0.123. The van der Waals surface area contributed by atoms with Gasteiger partial charge >= 0.3 is 0 Å². The number of hydrogen-bond acceptors (Lipinski definition) is 3. The molecule has 17 heavy (non-hydrogen) atoms. The van der Waals surface area contributed by atoms with Gasteiger partial charge in [0.15, 0.2) is 0 Å². The van der Waals surface area contributed by atoms with Gasteiger partial charge in [0.2, 0.25) is 5.91 Å². The Morgan fingerprint density at radius 2 is 2.24 bits per heavy atom. The first kappa shape index (κ1) is 12.8. The predicted molar refractivity (Wildman–Crippen MR) is 68.8 cm³/mol. The van der Waals surface area contributed by atoms with Crippen LogP contribution in [0.3, 0.4) is 0 Å². The zero-order chi connectivity index (χ0) is 12.3. The van der Waals surface area contributed by atoms with Crippen LogP contribution >= 0.6 is 0 Å². The standard InChI is InChI=1S/C13H25N3O/c1-16(2)8-4-7-14-13(17)12-11-6-3-5-10(11)9-15-12/h10-12,15H,3-9H2,1-2H3,(H,14,17). The van der Waals surface area contributed by atoms with Gasteiger partial charge in [0.1, 0.15) is 0 Å². The van der Waals surface area contributed by atoms with Crippen molar-refractivity contribution < 1.29 is 4.79 Å². The normalized spacial score (nSPS) is 31.8. The topological polar surface area (TPSA) is 44.4 Å². The first-order valence-electron chi connectivity index (χ1n) is 6.84. The summed E-state index contributed by atoms with van der Waals surface area (Å²) in [6.45, 7) is 2.87. The maximum atomic E-state index is 12.0. The highest BCUT2D eigenvalue weighted by molar-refractivity contribution is 5.82. The van der Waals surface area contributed by atoms with Crippen LogP contribution in [-0.4, -0.2) is 50.6 Å². The van der Waals surface area contributed by atoms with Gasteiger partial charge in [-0.3, -0.25) is 4.79 Å². The van der Waals surface area contributed by atoms with Crippen molar-refractivity contribution in [1.29, 1.82) is 0 Å². The third-order valence-corrected chi connectivity index (χ3v) is 4.11. The monoisotopic (exact) mass is 239 g/mol. The highest BCUT2D eigenvalue weighted by atomic mass is 16.2. The Hall–Kier alpha value is -0.610. The maximum absolute atomic E-state index is 12.0. The van der Waals surface area contributed by atoms with Crippen LogP contribution in [0, 0.1) is 11.8 Å². The van der Waals surface area contributed by atoms with Crippen molar-refractivity contribution in [1.82, 2.24) is 15.5 Å². The minimum absolute atomic E-state index is 0.0851. The highest BCUT2D eigenvalue weighted by Crippen LogP contribution is 2.37. The molecule has 0 bridgehead atoms. The molecule has 0 aromatic rings. The summed E-state index contributed by atoms with van der Waals surface area (Å²) in [7, 11) is 4.12. The molecular formula is C13H25N3O. The van der Waals surface area contributed by atoms with E-state index in [2.05, 4.69) is 29.6 Å². The van der Waals surface area contributed by atoms with E-state index in [4.69, 9.17) is 0 Å². The fourth-order valence-corrected chi connectivity index (χ4v) is 3.19. The van der Waals surface area contributed by atoms with Gasteiger partial charge in [-0.1, -0.05) is 6.42 Å². The molecule has 1 saturated carbocycles. The molecule has 0 radical (unpaired) electrons. The van der Waals surface area contributed by atoms with Gasteiger partial charge in [-0.2, -0.15) is 0 Å². The van der Waals surface area contributed by atoms with Crippen molar-refractivity contribution in [2.24, 2.45) is 11.8 Å². The van der Waals surface area contributed by atoms with Crippen molar-refractivity contribution in [3.8, 4) is 0 Å². The quantitative estimate of drug-likeness (QED) is 0.684. The Kier molecular flexibility index (Phi) is 4.40. The van der Waals surface area contributed by atoms with E-state index >= 15 is 0 Å². The zero-order valence-electron chi connectivity index (χ0n) is 11.0. The summed E-state index contributed by atoms with van der Waals surface area (Å²) in [6.07, 6.45) is 4.87. The summed E-state index contributed by atoms with van der Waals surface area (Å²) in [4.78, 5) is 14.2. The number of carbonyl (C=O) groups is 1. The van der Waals surface area contributed by atoms with Gasteiger partial charge in [0, 0.05) is 6.54 Å². The fourth-order valence-electron chi connectivity index (χ4n) is 3.19. The number of nitrogens with one attached hydrogen (secondary N) is 2. The van der Waals surface area contributed by atoms with Crippen molar-refractivity contribution in [2.75, 3.05) is 33.7 Å². The molecule has 3 atom stereocenters. The van der Waals surface area contributed by atoms with E-state index in [1.165, 1.54) is 19.3 Å². The molecule has 1 aliphatic carbocycles. The summed E-state index contributed by atoms with van der Waals surface area (Å²) in [5.41, 5.74) is 0. The lowest BCUT2D eigenvalue weighted by Gasteiger charge is -2.18. The number of rotatable bonds is 5. The van der Waals surface area contributed by atoms with Crippen LogP contribution in [0.1, 0.15) is 25.7 Å².